The summed E-state index contributed by atoms with van der Waals surface area (Å²) in [5, 5.41) is 11.1. The molecule has 1 unspecified atom stereocenters. The monoisotopic (exact) mass is 427 g/mol. The van der Waals surface area contributed by atoms with E-state index in [9.17, 15) is 13.5 Å². The van der Waals surface area contributed by atoms with Gasteiger partial charge in [-0.3, -0.25) is 0 Å². The molecule has 3 rings (SSSR count). The Morgan fingerprint density at radius 1 is 1.07 bits per heavy atom. The Labute approximate surface area is 170 Å². The van der Waals surface area contributed by atoms with Crippen LogP contribution in [0.4, 0.5) is 0 Å². The zero-order valence-corrected chi connectivity index (χ0v) is 17.2. The number of rotatable bonds is 6. The van der Waals surface area contributed by atoms with Gasteiger partial charge in [0.2, 0.25) is 0 Å². The van der Waals surface area contributed by atoms with Gasteiger partial charge in [0.15, 0.2) is 9.84 Å². The highest BCUT2D eigenvalue weighted by molar-refractivity contribution is 7.91. The van der Waals surface area contributed by atoms with Crippen LogP contribution < -0.4 is 0 Å². The molecule has 146 valence electrons. The van der Waals surface area contributed by atoms with Crippen molar-refractivity contribution in [3.8, 4) is 0 Å². The van der Waals surface area contributed by atoms with Gasteiger partial charge in [-0.15, -0.1) is 0 Å². The van der Waals surface area contributed by atoms with Crippen molar-refractivity contribution in [3.63, 3.8) is 0 Å². The van der Waals surface area contributed by atoms with Crippen LogP contribution in [0.2, 0.25) is 10.0 Å². The molecule has 2 aromatic carbocycles. The second-order valence-electron chi connectivity index (χ2n) is 6.93. The first-order valence-electron chi connectivity index (χ1n) is 9.00. The Kier molecular flexibility index (Phi) is 6.82. The predicted octanol–water partition coefficient (Wildman–Crippen LogP) is 4.21. The Balaban J connectivity index is 1.54. The number of aliphatic hydroxyl groups excluding tert-OH is 1. The molecule has 0 bridgehead atoms. The number of piperidine rings is 1. The van der Waals surface area contributed by atoms with Crippen molar-refractivity contribution < 1.29 is 13.5 Å². The van der Waals surface area contributed by atoms with Crippen LogP contribution >= 0.6 is 23.2 Å². The molecule has 4 nitrogen and oxygen atoms in total. The fourth-order valence-electron chi connectivity index (χ4n) is 3.49. The molecule has 0 spiro atoms. The number of hydrogen-bond donors (Lipinski definition) is 1. The summed E-state index contributed by atoms with van der Waals surface area (Å²) in [6.45, 7) is 1.99. The third-order valence-corrected chi connectivity index (χ3v) is 7.53. The molecule has 0 radical (unpaired) electrons. The van der Waals surface area contributed by atoms with Crippen LogP contribution in [-0.2, 0) is 9.84 Å². The molecule has 2 aromatic rings. The number of benzene rings is 2. The SMILES string of the molecule is O=S(=O)(CCN1CCC(C(O)c2ccccc2)CC1)c1cc(Cl)ccc1Cl. The molecule has 1 aliphatic rings. The first-order valence-corrected chi connectivity index (χ1v) is 11.4. The van der Waals surface area contributed by atoms with E-state index in [1.807, 2.05) is 30.3 Å². The van der Waals surface area contributed by atoms with E-state index in [1.165, 1.54) is 12.1 Å². The number of nitrogens with zero attached hydrogens (tertiary/aromatic N) is 1. The highest BCUT2D eigenvalue weighted by atomic mass is 35.5. The van der Waals surface area contributed by atoms with Crippen LogP contribution in [0.1, 0.15) is 24.5 Å². The van der Waals surface area contributed by atoms with Gasteiger partial charge in [0, 0.05) is 11.6 Å². The molecule has 1 aliphatic heterocycles. The lowest BCUT2D eigenvalue weighted by Gasteiger charge is -2.34. The normalized spacial score (nSPS) is 17.7. The minimum atomic E-state index is -3.49. The first-order chi connectivity index (χ1) is 12.9. The molecule has 1 fully saturated rings. The topological polar surface area (TPSA) is 57.6 Å². The van der Waals surface area contributed by atoms with Gasteiger partial charge in [0.25, 0.3) is 0 Å². The highest BCUT2D eigenvalue weighted by Crippen LogP contribution is 2.31. The van der Waals surface area contributed by atoms with Crippen molar-refractivity contribution in [2.24, 2.45) is 5.92 Å². The minimum absolute atomic E-state index is 0.00102. The van der Waals surface area contributed by atoms with Gasteiger partial charge in [-0.2, -0.15) is 0 Å². The maximum absolute atomic E-state index is 12.6. The summed E-state index contributed by atoms with van der Waals surface area (Å²) in [5.74, 6) is 0.196. The van der Waals surface area contributed by atoms with Crippen LogP contribution in [0.5, 0.6) is 0 Å². The third kappa shape index (κ3) is 5.24. The fraction of sp³-hybridized carbons (Fsp3) is 0.400. The molecular formula is C20H23Cl2NO3S. The zero-order valence-electron chi connectivity index (χ0n) is 14.9. The molecular weight excluding hydrogens is 405 g/mol. The lowest BCUT2D eigenvalue weighted by molar-refractivity contribution is 0.0606. The predicted molar refractivity (Wildman–Crippen MR) is 109 cm³/mol. The Morgan fingerprint density at radius 2 is 1.74 bits per heavy atom. The summed E-state index contributed by atoms with van der Waals surface area (Å²) in [6, 6.07) is 14.2. The smallest absolute Gasteiger partial charge is 0.181 e. The summed E-state index contributed by atoms with van der Waals surface area (Å²) in [6.07, 6.45) is 1.21. The number of hydrogen-bond acceptors (Lipinski definition) is 4. The largest absolute Gasteiger partial charge is 0.388 e. The van der Waals surface area contributed by atoms with Crippen molar-refractivity contribution >= 4 is 33.0 Å². The van der Waals surface area contributed by atoms with Crippen molar-refractivity contribution in [3.05, 3.63) is 64.1 Å². The van der Waals surface area contributed by atoms with Gasteiger partial charge in [0.1, 0.15) is 0 Å². The van der Waals surface area contributed by atoms with E-state index in [1.54, 1.807) is 6.07 Å². The average Bonchev–Trinajstić information content (AvgIpc) is 2.69. The van der Waals surface area contributed by atoms with Gasteiger partial charge in [-0.05, 0) is 55.6 Å². The second kappa shape index (κ2) is 8.93. The van der Waals surface area contributed by atoms with Gasteiger partial charge in [0.05, 0.1) is 21.8 Å². The molecule has 0 aliphatic carbocycles. The zero-order chi connectivity index (χ0) is 19.4. The highest BCUT2D eigenvalue weighted by Gasteiger charge is 2.27. The second-order valence-corrected chi connectivity index (χ2v) is 9.85. The quantitative estimate of drug-likeness (QED) is 0.749. The number of halogens is 2. The van der Waals surface area contributed by atoms with E-state index in [0.717, 1.165) is 31.5 Å². The molecule has 1 saturated heterocycles. The lowest BCUT2D eigenvalue weighted by atomic mass is 9.87. The Morgan fingerprint density at radius 3 is 2.41 bits per heavy atom. The summed E-state index contributed by atoms with van der Waals surface area (Å²) in [4.78, 5) is 2.22. The lowest BCUT2D eigenvalue weighted by Crippen LogP contribution is -2.38. The average molecular weight is 428 g/mol. The number of sulfone groups is 1. The van der Waals surface area contributed by atoms with Crippen LogP contribution in [0.15, 0.2) is 53.4 Å². The Hall–Kier alpha value is -1.11. The van der Waals surface area contributed by atoms with Crippen LogP contribution in [0.3, 0.4) is 0 Å². The molecule has 1 atom stereocenters. The Bertz CT molecular complexity index is 866. The first kappa shape index (κ1) is 20.6. The molecule has 27 heavy (non-hydrogen) atoms. The molecule has 7 heteroatoms. The van der Waals surface area contributed by atoms with E-state index < -0.39 is 15.9 Å². The summed E-state index contributed by atoms with van der Waals surface area (Å²) in [7, 11) is -3.49. The van der Waals surface area contributed by atoms with E-state index in [-0.39, 0.29) is 21.6 Å². The number of likely N-dealkylation sites (tertiary alicyclic amines) is 1. The van der Waals surface area contributed by atoms with Crippen molar-refractivity contribution in [2.75, 3.05) is 25.4 Å². The molecule has 0 saturated carbocycles. The van der Waals surface area contributed by atoms with Gasteiger partial charge < -0.3 is 10.0 Å². The summed E-state index contributed by atoms with van der Waals surface area (Å²) in [5.41, 5.74) is 0.939. The molecule has 0 aromatic heterocycles. The third-order valence-electron chi connectivity index (χ3n) is 5.12. The minimum Gasteiger partial charge on any atom is -0.388 e. The maximum Gasteiger partial charge on any atom is 0.181 e. The van der Waals surface area contributed by atoms with Gasteiger partial charge >= 0.3 is 0 Å². The van der Waals surface area contributed by atoms with E-state index in [0.29, 0.717) is 11.6 Å². The van der Waals surface area contributed by atoms with Crippen LogP contribution in [0, 0.1) is 5.92 Å². The van der Waals surface area contributed by atoms with Gasteiger partial charge in [-0.1, -0.05) is 53.5 Å². The summed E-state index contributed by atoms with van der Waals surface area (Å²) < 4.78 is 25.2. The molecule has 1 N–H and O–H groups in total. The van der Waals surface area contributed by atoms with Crippen LogP contribution in [-0.4, -0.2) is 43.8 Å². The number of aliphatic hydroxyl groups is 1. The van der Waals surface area contributed by atoms with Gasteiger partial charge in [-0.25, -0.2) is 8.42 Å². The summed E-state index contributed by atoms with van der Waals surface area (Å²) >= 11 is 11.9. The maximum atomic E-state index is 12.6. The van der Waals surface area contributed by atoms with Crippen molar-refractivity contribution in [1.29, 1.82) is 0 Å². The fourth-order valence-corrected chi connectivity index (χ4v) is 5.59. The van der Waals surface area contributed by atoms with E-state index >= 15 is 0 Å². The van der Waals surface area contributed by atoms with Crippen LogP contribution in [0.25, 0.3) is 0 Å². The van der Waals surface area contributed by atoms with Crippen molar-refractivity contribution in [1.82, 2.24) is 4.90 Å². The standard InChI is InChI=1S/C20H23Cl2NO3S/c21-17-6-7-18(22)19(14-17)27(25,26)13-12-23-10-8-16(9-11-23)20(24)15-4-2-1-3-5-15/h1-7,14,16,20,24H,8-13H2. The van der Waals surface area contributed by atoms with E-state index in [4.69, 9.17) is 23.2 Å². The molecule has 1 heterocycles. The molecule has 0 amide bonds. The van der Waals surface area contributed by atoms with E-state index in [2.05, 4.69) is 4.90 Å². The van der Waals surface area contributed by atoms with Crippen molar-refractivity contribution in [2.45, 2.75) is 23.8 Å².